The molecule has 13 aromatic carbocycles. The fourth-order valence-corrected chi connectivity index (χ4v) is 12.5. The van der Waals surface area contributed by atoms with E-state index in [1.807, 2.05) is 231 Å². The lowest BCUT2D eigenvalue weighted by Crippen LogP contribution is -1.93. The summed E-state index contributed by atoms with van der Waals surface area (Å²) in [5.74, 6) is -0.489. The van der Waals surface area contributed by atoms with Crippen LogP contribution >= 0.6 is 35.6 Å². The number of anilines is 11. The molecule has 19 aromatic rings. The van der Waals surface area contributed by atoms with Gasteiger partial charge in [0.2, 0.25) is 0 Å². The second kappa shape index (κ2) is 41.4. The minimum Gasteiger partial charge on any atom is -0.399 e. The SMILES string of the molecule is Cl.Fc1ccc(Nc2ccnc3cc(Cl)ccc23)cc1.Fc1ccc(Nc2ccnc3ccccc23)cc1.Nc1ccc2c(N)c3ccccc3nc2c1.Nc1ccnc2ccccc12.O=C=O.O=Nc1ccc2c(Cl)c3ccccc3nc2c1.O=[N+]([O-])c1cccc(Nc2ccccc2)c1.c1ccc(Nc2ccnc3ccccc23)cc1. The molecule has 0 atom stereocenters. The first-order chi connectivity index (χ1) is 57.1. The van der Waals surface area contributed by atoms with E-state index < -0.39 is 4.92 Å². The molecule has 0 aliphatic carbocycles. The number of nitrogens with one attached hydrogen (secondary N) is 4. The lowest BCUT2D eigenvalue weighted by molar-refractivity contribution is -0.384. The molecule has 6 aromatic heterocycles. The van der Waals surface area contributed by atoms with Gasteiger partial charge in [0.15, 0.2) is 0 Å². The molecule has 0 radical (unpaired) electrons. The smallest absolute Gasteiger partial charge is 0.373 e. The van der Waals surface area contributed by atoms with E-state index in [-0.39, 0.29) is 35.9 Å². The van der Waals surface area contributed by atoms with Gasteiger partial charge >= 0.3 is 6.15 Å². The van der Waals surface area contributed by atoms with E-state index in [9.17, 15) is 23.8 Å². The highest BCUT2D eigenvalue weighted by Gasteiger charge is 2.12. The van der Waals surface area contributed by atoms with Gasteiger partial charge in [0.1, 0.15) is 17.3 Å². The number of carbonyl (C=O) groups excluding carboxylic acids is 2. The molecule has 0 saturated heterocycles. The Labute approximate surface area is 690 Å². The number of aromatic nitrogens is 6. The van der Waals surface area contributed by atoms with Crippen molar-refractivity contribution in [2.75, 3.05) is 38.5 Å². The lowest BCUT2D eigenvalue weighted by atomic mass is 10.1. The van der Waals surface area contributed by atoms with Crippen LogP contribution in [0.2, 0.25) is 10.0 Å². The van der Waals surface area contributed by atoms with Gasteiger partial charge in [0.05, 0.1) is 59.8 Å². The Morgan fingerprint density at radius 2 is 0.737 bits per heavy atom. The lowest BCUT2D eigenvalue weighted by Gasteiger charge is -2.09. The summed E-state index contributed by atoms with van der Waals surface area (Å²) in [6.07, 6.45) is 7.27. The number of nitrogens with two attached hydrogens (primary N) is 3. The summed E-state index contributed by atoms with van der Waals surface area (Å²) in [5, 5.41) is 35.7. The van der Waals surface area contributed by atoms with Crippen molar-refractivity contribution >= 4 is 203 Å². The number of nitrogens with zero attached hydrogens (tertiary/aromatic N) is 8. The standard InChI is InChI=1S/C15H10ClFN2.C15H11FN2.C15H12N2.C13H7ClN2O.C13H11N3.C12H10N2O2.C9H8N2.CO2.ClH/c16-10-1-6-13-14(7-8-18-15(13)9-10)19-12-4-2-11(17)3-5-12;16-11-5-7-12(8-6-11)18-15-9-10-17-14-4-2-1-3-13(14)15;1-2-6-12(7-3-1)17-15-10-11-16-14-9-5-4-8-13(14)15;14-13-9-3-1-2-4-11(9)15-12-7-8(16-17)5-6-10(12)13;14-8-5-6-10-12(7-8)16-11-4-2-1-3-9(11)13(10)15;15-14(16)12-8-4-7-11(9-12)13-10-5-2-1-3-6-10;10-8-5-6-11-9-4-2-1-3-7(8)9;2-1-3;/h1-9H,(H,18,19);1-10H,(H,17,18);1-11H,(H,16,17);1-7H;1-7H,14H2,(H2,15,16);1-9,13H;1-6H,(H2,10,11);;1H. The third kappa shape index (κ3) is 22.5. The molecule has 20 nitrogen and oxygen atoms in total. The van der Waals surface area contributed by atoms with E-state index in [4.69, 9.17) is 50.0 Å². The predicted molar refractivity (Wildman–Crippen MR) is 478 cm³/mol. The Balaban J connectivity index is 0.000000135. The number of pyridine rings is 6. The highest BCUT2D eigenvalue weighted by Crippen LogP contribution is 2.35. The number of fused-ring (bicyclic) bond motifs is 8. The van der Waals surface area contributed by atoms with Crippen LogP contribution in [0.15, 0.2) is 364 Å². The zero-order chi connectivity index (χ0) is 81.8. The fraction of sp³-hybridized carbons (Fsp3) is 0. The van der Waals surface area contributed by atoms with Gasteiger partial charge in [-0.2, -0.15) is 9.59 Å². The highest BCUT2D eigenvalue weighted by atomic mass is 35.5. The van der Waals surface area contributed by atoms with E-state index in [0.29, 0.717) is 32.6 Å². The zero-order valence-electron chi connectivity index (χ0n) is 62.3. The molecule has 0 saturated carbocycles. The van der Waals surface area contributed by atoms with E-state index in [1.165, 1.54) is 36.4 Å². The number of halogens is 5. The molecule has 118 heavy (non-hydrogen) atoms. The van der Waals surface area contributed by atoms with Crippen molar-refractivity contribution in [2.24, 2.45) is 5.18 Å². The number of nitrogen functional groups attached to an aromatic ring is 3. The van der Waals surface area contributed by atoms with E-state index in [2.05, 4.69) is 74.5 Å². The van der Waals surface area contributed by atoms with Gasteiger partial charge in [0, 0.05) is 142 Å². The third-order valence-electron chi connectivity index (χ3n) is 17.6. The first-order valence-corrected chi connectivity index (χ1v) is 36.7. The molecular formula is C93H70Cl3F2N15O5. The van der Waals surface area contributed by atoms with Gasteiger partial charge in [0.25, 0.3) is 5.69 Å². The average molecular weight is 1620 g/mol. The van der Waals surface area contributed by atoms with Gasteiger partial charge in [-0.25, -0.2) is 18.7 Å². The number of para-hydroxylation sites is 7. The maximum Gasteiger partial charge on any atom is 0.373 e. The summed E-state index contributed by atoms with van der Waals surface area (Å²) >= 11 is 12.3. The summed E-state index contributed by atoms with van der Waals surface area (Å²) in [5.41, 5.74) is 34.6. The fourth-order valence-electron chi connectivity index (χ4n) is 12.0. The second-order valence-corrected chi connectivity index (χ2v) is 26.2. The first-order valence-electron chi connectivity index (χ1n) is 36.0. The number of non-ortho nitro benzene ring substituents is 1. The molecule has 0 amide bonds. The normalized spacial score (nSPS) is 10.2. The van der Waals surface area contributed by atoms with E-state index in [1.54, 1.807) is 73.2 Å². The Hall–Kier alpha value is -15.5. The maximum absolute atomic E-state index is 12.9. The van der Waals surface area contributed by atoms with Crippen LogP contribution in [0, 0.1) is 26.7 Å². The van der Waals surface area contributed by atoms with Crippen molar-refractivity contribution in [3.05, 3.63) is 395 Å². The Kier molecular flexibility index (Phi) is 29.3. The predicted octanol–water partition coefficient (Wildman–Crippen LogP) is 24.9. The number of nitro groups is 1. The summed E-state index contributed by atoms with van der Waals surface area (Å²) in [7, 11) is 0. The zero-order valence-corrected chi connectivity index (χ0v) is 64.7. The molecule has 0 spiro atoms. The molecule has 10 N–H and O–H groups in total. The van der Waals surface area contributed by atoms with Gasteiger partial charge < -0.3 is 38.5 Å². The molecule has 6 heterocycles. The number of nitro benzene ring substituents is 1. The molecular weight excluding hydrogens is 1550 g/mol. The van der Waals surface area contributed by atoms with Gasteiger partial charge in [-0.3, -0.25) is 30.1 Å². The van der Waals surface area contributed by atoms with Crippen LogP contribution in [0.25, 0.3) is 87.2 Å². The average Bonchev–Trinajstić information content (AvgIpc) is 0.782. The summed E-state index contributed by atoms with van der Waals surface area (Å²) < 4.78 is 25.7. The molecule has 0 unspecified atom stereocenters. The van der Waals surface area contributed by atoms with Crippen LogP contribution in [-0.4, -0.2) is 41.0 Å². The van der Waals surface area contributed by atoms with E-state index >= 15 is 0 Å². The van der Waals surface area contributed by atoms with Crippen molar-refractivity contribution in [1.82, 2.24) is 29.9 Å². The van der Waals surface area contributed by atoms with Crippen LogP contribution in [0.4, 0.5) is 82.7 Å². The van der Waals surface area contributed by atoms with Crippen molar-refractivity contribution in [1.29, 1.82) is 0 Å². The number of hydrogen-bond donors (Lipinski definition) is 7. The van der Waals surface area contributed by atoms with Crippen LogP contribution in [0.3, 0.4) is 0 Å². The van der Waals surface area contributed by atoms with E-state index in [0.717, 1.165) is 133 Å². The molecule has 0 fully saturated rings. The topological polar surface area (TPSA) is 310 Å². The van der Waals surface area contributed by atoms with Gasteiger partial charge in [-0.15, -0.1) is 17.3 Å². The number of rotatable bonds is 10. The van der Waals surface area contributed by atoms with Crippen molar-refractivity contribution in [2.45, 2.75) is 0 Å². The molecule has 0 aliphatic heterocycles. The van der Waals surface area contributed by atoms with Crippen LogP contribution in [-0.2, 0) is 9.59 Å². The molecule has 19 rings (SSSR count). The van der Waals surface area contributed by atoms with Gasteiger partial charge in [-0.1, -0.05) is 157 Å². The quantitative estimate of drug-likeness (QED) is 0.0220. The molecule has 0 aliphatic rings. The first kappa shape index (κ1) is 83.5. The van der Waals surface area contributed by atoms with Crippen molar-refractivity contribution in [3.8, 4) is 0 Å². The van der Waals surface area contributed by atoms with Crippen molar-refractivity contribution < 1.29 is 23.3 Å². The van der Waals surface area contributed by atoms with Crippen LogP contribution < -0.4 is 38.5 Å². The van der Waals surface area contributed by atoms with Crippen LogP contribution in [0.1, 0.15) is 0 Å². The largest absolute Gasteiger partial charge is 0.399 e. The summed E-state index contributed by atoms with van der Waals surface area (Å²) in [4.78, 5) is 63.0. The number of benzene rings is 13. The molecule has 25 heteroatoms. The second-order valence-electron chi connectivity index (χ2n) is 25.4. The molecule has 582 valence electrons. The summed E-state index contributed by atoms with van der Waals surface area (Å²) in [6.45, 7) is 0. The minimum absolute atomic E-state index is 0. The van der Waals surface area contributed by atoms with Crippen molar-refractivity contribution in [3.63, 3.8) is 0 Å². The minimum atomic E-state index is -0.407. The number of hydrogen-bond acceptors (Lipinski definition) is 19. The molecule has 0 bridgehead atoms. The highest BCUT2D eigenvalue weighted by molar-refractivity contribution is 6.40. The number of nitroso groups, excluding NO2 is 1. The maximum atomic E-state index is 12.9. The Bertz CT molecular complexity index is 6680. The van der Waals surface area contributed by atoms with Gasteiger partial charge in [-0.05, 0) is 193 Å². The third-order valence-corrected chi connectivity index (χ3v) is 18.2. The summed E-state index contributed by atoms with van der Waals surface area (Å²) in [6, 6.07) is 102. The monoisotopic (exact) mass is 1620 g/mol. The van der Waals surface area contributed by atoms with Crippen LogP contribution in [0.5, 0.6) is 0 Å². The Morgan fingerprint density at radius 1 is 0.356 bits per heavy atom. The Morgan fingerprint density at radius 3 is 1.25 bits per heavy atom.